The molecule has 6 heteroatoms. The van der Waals surface area contributed by atoms with Gasteiger partial charge in [0.25, 0.3) is 5.91 Å². The Labute approximate surface area is 135 Å². The Morgan fingerprint density at radius 1 is 1.39 bits per heavy atom. The van der Waals surface area contributed by atoms with Crippen molar-refractivity contribution in [2.75, 3.05) is 13.1 Å². The number of imidazole rings is 1. The number of nitrogens with zero attached hydrogens (tertiary/aromatic N) is 4. The number of fused-ring (bicyclic) bond motifs is 2. The summed E-state index contributed by atoms with van der Waals surface area (Å²) >= 11 is 0. The second-order valence-corrected chi connectivity index (χ2v) is 8.04. The summed E-state index contributed by atoms with van der Waals surface area (Å²) in [6, 6.07) is 0.327. The Hall–Kier alpha value is -1.85. The molecule has 0 spiro atoms. The maximum atomic E-state index is 12.6. The van der Waals surface area contributed by atoms with Crippen molar-refractivity contribution in [3.05, 3.63) is 18.2 Å². The Morgan fingerprint density at radius 3 is 2.65 bits per heavy atom. The molecule has 1 saturated heterocycles. The summed E-state index contributed by atoms with van der Waals surface area (Å²) < 4.78 is 1.98. The highest BCUT2D eigenvalue weighted by atomic mass is 16.7. The number of hydrogen-bond donors (Lipinski definition) is 0. The van der Waals surface area contributed by atoms with Gasteiger partial charge in [0.1, 0.15) is 11.3 Å². The molecule has 0 N–H and O–H groups in total. The lowest BCUT2D eigenvalue weighted by atomic mass is 10.1. The first-order valence-corrected chi connectivity index (χ1v) is 8.56. The molecule has 1 aromatic heterocycles. The zero-order valence-electron chi connectivity index (χ0n) is 13.8. The van der Waals surface area contributed by atoms with Crippen LogP contribution in [0.3, 0.4) is 0 Å². The molecule has 3 fully saturated rings. The van der Waals surface area contributed by atoms with Crippen molar-refractivity contribution in [2.24, 2.45) is 28.8 Å². The molecule has 0 aromatic carbocycles. The number of rotatable bonds is 3. The van der Waals surface area contributed by atoms with E-state index in [9.17, 15) is 4.79 Å². The number of piperidine rings is 1. The molecular weight excluding hydrogens is 292 g/mol. The third kappa shape index (κ3) is 1.83. The maximum absolute atomic E-state index is 12.6. The summed E-state index contributed by atoms with van der Waals surface area (Å²) in [4.78, 5) is 24.4. The van der Waals surface area contributed by atoms with Crippen LogP contribution in [0.4, 0.5) is 0 Å². The fourth-order valence-corrected chi connectivity index (χ4v) is 4.40. The van der Waals surface area contributed by atoms with Crippen LogP contribution in [-0.4, -0.2) is 44.8 Å². The monoisotopic (exact) mass is 314 g/mol. The van der Waals surface area contributed by atoms with Gasteiger partial charge in [-0.3, -0.25) is 4.79 Å². The van der Waals surface area contributed by atoms with Crippen LogP contribution in [-0.2, 0) is 4.84 Å². The van der Waals surface area contributed by atoms with Crippen LogP contribution in [0.15, 0.2) is 17.7 Å². The topological polar surface area (TPSA) is 59.7 Å². The summed E-state index contributed by atoms with van der Waals surface area (Å²) in [6.45, 7) is 7.99. The van der Waals surface area contributed by atoms with Gasteiger partial charge in [-0.25, -0.2) is 4.98 Å². The second kappa shape index (κ2) is 4.16. The van der Waals surface area contributed by atoms with E-state index in [0.29, 0.717) is 35.4 Å². The average Bonchev–Trinajstić information content (AvgIpc) is 3.14. The first kappa shape index (κ1) is 13.6. The number of amides is 1. The van der Waals surface area contributed by atoms with Crippen molar-refractivity contribution >= 4 is 11.6 Å². The molecule has 1 aromatic rings. The molecule has 4 aliphatic rings. The van der Waals surface area contributed by atoms with Gasteiger partial charge in [-0.05, 0) is 32.6 Å². The van der Waals surface area contributed by atoms with Gasteiger partial charge in [-0.2, -0.15) is 0 Å². The molecule has 0 radical (unpaired) electrons. The van der Waals surface area contributed by atoms with E-state index in [0.717, 1.165) is 19.5 Å². The van der Waals surface area contributed by atoms with E-state index in [1.165, 1.54) is 5.71 Å². The van der Waals surface area contributed by atoms with Gasteiger partial charge in [-0.15, -0.1) is 0 Å². The third-order valence-electron chi connectivity index (χ3n) is 6.14. The lowest BCUT2D eigenvalue weighted by molar-refractivity contribution is 0.0618. The van der Waals surface area contributed by atoms with Crippen LogP contribution < -0.4 is 0 Å². The van der Waals surface area contributed by atoms with Crippen molar-refractivity contribution in [2.45, 2.75) is 38.8 Å². The summed E-state index contributed by atoms with van der Waals surface area (Å²) in [5.41, 5.74) is 1.84. The molecule has 3 heterocycles. The van der Waals surface area contributed by atoms with Crippen LogP contribution in [0.1, 0.15) is 43.7 Å². The minimum absolute atomic E-state index is 0.00536. The minimum Gasteiger partial charge on any atom is -0.389 e. The van der Waals surface area contributed by atoms with E-state index >= 15 is 0 Å². The fraction of sp³-hybridized carbons (Fsp3) is 0.706. The third-order valence-corrected chi connectivity index (χ3v) is 6.14. The molecule has 1 amide bonds. The van der Waals surface area contributed by atoms with Gasteiger partial charge < -0.3 is 14.3 Å². The highest BCUT2D eigenvalue weighted by Gasteiger charge is 2.68. The summed E-state index contributed by atoms with van der Waals surface area (Å²) in [6.07, 6.45) is 4.73. The van der Waals surface area contributed by atoms with Gasteiger partial charge in [0.15, 0.2) is 0 Å². The average molecular weight is 314 g/mol. The van der Waals surface area contributed by atoms with Crippen molar-refractivity contribution in [1.82, 2.24) is 14.5 Å². The zero-order chi connectivity index (χ0) is 15.9. The smallest absolute Gasteiger partial charge is 0.274 e. The summed E-state index contributed by atoms with van der Waals surface area (Å²) in [5.74, 6) is 2.33. The second-order valence-electron chi connectivity index (χ2n) is 8.04. The Balaban J connectivity index is 1.24. The lowest BCUT2D eigenvalue weighted by Gasteiger charge is -2.18. The summed E-state index contributed by atoms with van der Waals surface area (Å²) in [5, 5.41) is 4.33. The Morgan fingerprint density at radius 2 is 2.13 bits per heavy atom. The van der Waals surface area contributed by atoms with Gasteiger partial charge in [0, 0.05) is 43.6 Å². The largest absolute Gasteiger partial charge is 0.389 e. The Bertz CT molecular complexity index is 712. The highest BCUT2D eigenvalue weighted by molar-refractivity contribution is 5.97. The van der Waals surface area contributed by atoms with Crippen molar-refractivity contribution in [1.29, 1.82) is 0 Å². The molecule has 4 atom stereocenters. The van der Waals surface area contributed by atoms with Crippen LogP contribution in [0.2, 0.25) is 0 Å². The van der Waals surface area contributed by atoms with Crippen molar-refractivity contribution in [3.8, 4) is 0 Å². The molecule has 6 nitrogen and oxygen atoms in total. The van der Waals surface area contributed by atoms with Crippen LogP contribution >= 0.6 is 0 Å². The zero-order valence-corrected chi connectivity index (χ0v) is 13.8. The van der Waals surface area contributed by atoms with Gasteiger partial charge in [0.05, 0.1) is 12.0 Å². The van der Waals surface area contributed by atoms with Gasteiger partial charge in [-0.1, -0.05) is 5.16 Å². The first-order chi connectivity index (χ1) is 11.0. The Kier molecular flexibility index (Phi) is 2.46. The molecule has 23 heavy (non-hydrogen) atoms. The van der Waals surface area contributed by atoms with E-state index in [1.54, 1.807) is 6.33 Å². The van der Waals surface area contributed by atoms with Gasteiger partial charge >= 0.3 is 0 Å². The molecule has 2 aliphatic carbocycles. The molecule has 4 unspecified atom stereocenters. The highest BCUT2D eigenvalue weighted by Crippen LogP contribution is 2.61. The SMILES string of the molecule is CC(C)n1cnc(C(=O)N2CC3C(C2)C3C2=NOC3(C)CC23)c1. The molecule has 122 valence electrons. The number of carbonyl (C=O) groups is 1. The fourth-order valence-electron chi connectivity index (χ4n) is 4.40. The first-order valence-electron chi connectivity index (χ1n) is 8.56. The maximum Gasteiger partial charge on any atom is 0.274 e. The van der Waals surface area contributed by atoms with E-state index in [4.69, 9.17) is 4.84 Å². The quantitative estimate of drug-likeness (QED) is 0.857. The van der Waals surface area contributed by atoms with Crippen LogP contribution in [0.25, 0.3) is 0 Å². The van der Waals surface area contributed by atoms with E-state index in [2.05, 4.69) is 30.9 Å². The van der Waals surface area contributed by atoms with E-state index < -0.39 is 0 Å². The normalized spacial score (nSPS) is 39.8. The number of oxime groups is 1. The molecule has 2 saturated carbocycles. The van der Waals surface area contributed by atoms with Crippen LogP contribution in [0.5, 0.6) is 0 Å². The molecule has 5 rings (SSSR count). The van der Waals surface area contributed by atoms with Crippen LogP contribution in [0, 0.1) is 23.7 Å². The number of aromatic nitrogens is 2. The predicted molar refractivity (Wildman–Crippen MR) is 84.0 cm³/mol. The molecule has 0 bridgehead atoms. The molecule has 2 aliphatic heterocycles. The summed E-state index contributed by atoms with van der Waals surface area (Å²) in [7, 11) is 0. The van der Waals surface area contributed by atoms with Crippen molar-refractivity contribution < 1.29 is 9.63 Å². The predicted octanol–water partition coefficient (Wildman–Crippen LogP) is 1.95. The molecular formula is C17H22N4O2. The lowest BCUT2D eigenvalue weighted by Crippen LogP contribution is -2.33. The van der Waals surface area contributed by atoms with E-state index in [-0.39, 0.29) is 11.5 Å². The van der Waals surface area contributed by atoms with E-state index in [1.807, 2.05) is 15.7 Å². The standard InChI is InChI=1S/C17H22N4O2/c1-9(2)21-7-13(18-8-21)16(22)20-5-10-11(6-20)14(10)15-12-4-17(12,3)23-19-15/h7-12,14H,4-6H2,1-3H3. The van der Waals surface area contributed by atoms with Gasteiger partial charge in [0.2, 0.25) is 0 Å². The minimum atomic E-state index is 0.00536. The van der Waals surface area contributed by atoms with Crippen molar-refractivity contribution in [3.63, 3.8) is 0 Å². The number of hydrogen-bond acceptors (Lipinski definition) is 4. The number of carbonyl (C=O) groups excluding carboxylic acids is 1. The number of likely N-dealkylation sites (tertiary alicyclic amines) is 1.